The van der Waals surface area contributed by atoms with Crippen LogP contribution < -0.4 is 4.90 Å². The Kier molecular flexibility index (Phi) is 13.6. The second-order valence-corrected chi connectivity index (χ2v) is 19.7. The second-order valence-electron chi connectivity index (χ2n) is 16.8. The van der Waals surface area contributed by atoms with Gasteiger partial charge in [0.15, 0.2) is 5.71 Å². The number of hydrogen-bond acceptors (Lipinski definition) is 7. The fourth-order valence-corrected chi connectivity index (χ4v) is 9.74. The van der Waals surface area contributed by atoms with Gasteiger partial charge in [-0.25, -0.2) is 0 Å². The number of carbonyl (C=O) groups excluding carboxylic acids is 1. The normalized spacial score (nSPS) is 19.0. The molecule has 2 heterocycles. The third kappa shape index (κ3) is 9.90. The molecule has 1 aliphatic carbocycles. The van der Waals surface area contributed by atoms with Gasteiger partial charge in [0.2, 0.25) is 11.6 Å². The first-order chi connectivity index (χ1) is 26.2. The predicted octanol–water partition coefficient (Wildman–Crippen LogP) is 7.51. The molecule has 1 fully saturated rings. The largest absolute Gasteiger partial charge is 0.346 e. The zero-order valence-corrected chi connectivity index (χ0v) is 35.8. The monoisotopic (exact) mass is 809 g/mol. The lowest BCUT2D eigenvalue weighted by atomic mass is 9.81. The highest BCUT2D eigenvalue weighted by molar-refractivity contribution is 7.86. The topological polar surface area (TPSA) is 139 Å². The zero-order valence-electron chi connectivity index (χ0n) is 34.2. The van der Waals surface area contributed by atoms with Gasteiger partial charge in [-0.15, -0.1) is 0 Å². The number of benzene rings is 2. The van der Waals surface area contributed by atoms with E-state index < -0.39 is 31.1 Å². The first-order valence-electron chi connectivity index (χ1n) is 19.8. The highest BCUT2D eigenvalue weighted by Gasteiger charge is 2.44. The summed E-state index contributed by atoms with van der Waals surface area (Å²) in [5, 5.41) is 0. The first kappa shape index (κ1) is 43.5. The average Bonchev–Trinajstić information content (AvgIpc) is 3.76. The Morgan fingerprint density at radius 1 is 0.839 bits per heavy atom. The number of fused-ring (bicyclic) bond motifs is 2. The zero-order chi connectivity index (χ0) is 41.1. The van der Waals surface area contributed by atoms with E-state index in [0.717, 1.165) is 85.1 Å². The maximum Gasteiger partial charge on any atom is 0.294 e. The van der Waals surface area contributed by atoms with Crippen molar-refractivity contribution in [1.82, 2.24) is 9.80 Å². The molecule has 2 aromatic carbocycles. The molecule has 3 aliphatic rings. The van der Waals surface area contributed by atoms with E-state index in [9.17, 15) is 30.7 Å². The Bertz CT molecular complexity index is 2130. The molecule has 56 heavy (non-hydrogen) atoms. The summed E-state index contributed by atoms with van der Waals surface area (Å²) in [5.41, 5.74) is 4.21. The summed E-state index contributed by atoms with van der Waals surface area (Å²) >= 11 is 0. The van der Waals surface area contributed by atoms with Gasteiger partial charge in [-0.05, 0) is 107 Å². The van der Waals surface area contributed by atoms with E-state index in [4.69, 9.17) is 0 Å². The lowest BCUT2D eigenvalue weighted by molar-refractivity contribution is -0.401. The van der Waals surface area contributed by atoms with E-state index in [1.807, 2.05) is 81.6 Å². The smallest absolute Gasteiger partial charge is 0.294 e. The fourth-order valence-electron chi connectivity index (χ4n) is 8.73. The molecule has 2 aliphatic heterocycles. The molecule has 1 saturated carbocycles. The Balaban J connectivity index is 1.22. The molecule has 0 aromatic heterocycles. The number of anilines is 1. The predicted molar refractivity (Wildman–Crippen MR) is 223 cm³/mol. The van der Waals surface area contributed by atoms with Crippen LogP contribution in [0.1, 0.15) is 96.6 Å². The van der Waals surface area contributed by atoms with Crippen LogP contribution >= 0.6 is 0 Å². The second kappa shape index (κ2) is 17.5. The maximum absolute atomic E-state index is 12.9. The number of unbranched alkanes of at least 4 members (excludes halogenated alkanes) is 2. The van der Waals surface area contributed by atoms with Crippen molar-refractivity contribution in [3.05, 3.63) is 83.6 Å². The highest BCUT2D eigenvalue weighted by atomic mass is 32.2. The van der Waals surface area contributed by atoms with Crippen molar-refractivity contribution in [3.63, 3.8) is 0 Å². The van der Waals surface area contributed by atoms with Crippen LogP contribution in [0.4, 0.5) is 11.4 Å². The van der Waals surface area contributed by atoms with Crippen molar-refractivity contribution in [1.29, 1.82) is 0 Å². The third-order valence-corrected chi connectivity index (χ3v) is 13.7. The van der Waals surface area contributed by atoms with E-state index in [-0.39, 0.29) is 15.7 Å². The summed E-state index contributed by atoms with van der Waals surface area (Å²) < 4.78 is 69.3. The quantitative estimate of drug-likeness (QED) is 0.0720. The van der Waals surface area contributed by atoms with Crippen LogP contribution in [-0.4, -0.2) is 99.3 Å². The SMILES string of the molecule is CN(CCCN(C)C(=O)CCCCCN1C(=CC=CC=CC2=[N+](C)c3ccc(S(=O)(=O)O)cc3C2(C)C)C(C)(C)c2cc(S(=O)(=O)O)ccc21)CC1CCCC1. The van der Waals surface area contributed by atoms with Crippen molar-refractivity contribution in [3.8, 4) is 0 Å². The van der Waals surface area contributed by atoms with Crippen molar-refractivity contribution < 1.29 is 35.3 Å². The van der Waals surface area contributed by atoms with Crippen LogP contribution in [0.3, 0.4) is 0 Å². The molecule has 2 aromatic rings. The minimum absolute atomic E-state index is 0.136. The summed E-state index contributed by atoms with van der Waals surface area (Å²) in [5.74, 6) is 0.997. The van der Waals surface area contributed by atoms with Crippen LogP contribution in [0.25, 0.3) is 0 Å². The summed E-state index contributed by atoms with van der Waals surface area (Å²) in [6, 6.07) is 9.39. The van der Waals surface area contributed by atoms with Gasteiger partial charge in [0.1, 0.15) is 7.05 Å². The molecule has 0 atom stereocenters. The summed E-state index contributed by atoms with van der Waals surface area (Å²) in [4.78, 5) is 19.1. The molecule has 0 bridgehead atoms. The van der Waals surface area contributed by atoms with Gasteiger partial charge in [0.25, 0.3) is 20.2 Å². The number of nitrogens with zero attached hydrogens (tertiary/aromatic N) is 4. The number of carbonyl (C=O) groups is 1. The maximum atomic E-state index is 12.9. The Labute approximate surface area is 335 Å². The van der Waals surface area contributed by atoms with Crippen molar-refractivity contribution >= 4 is 43.2 Å². The minimum Gasteiger partial charge on any atom is -0.346 e. The fraction of sp³-hybridized carbons (Fsp3) is 0.535. The van der Waals surface area contributed by atoms with E-state index in [1.54, 1.807) is 18.2 Å². The van der Waals surface area contributed by atoms with Crippen LogP contribution in [-0.2, 0) is 35.9 Å². The Morgan fingerprint density at radius 3 is 2.14 bits per heavy atom. The Hall–Kier alpha value is -3.62. The Morgan fingerprint density at radius 2 is 1.48 bits per heavy atom. The standard InChI is InChI=1S/C43H60N4O7S2/c1-42(2)35-29-33(55(49,50)51)22-24-37(35)46(7)39(42)19-10-8-11-20-40-43(3,4)36-30-34(56(52,53)54)23-25-38(36)47(40)28-15-9-12-21-41(48)45(6)27-16-26-44(5)31-32-17-13-14-18-32/h8,10-11,19-20,22-25,29-30,32H,9,12-18,21,26-28,31H2,1-7H3,(H-,49,50,51,52,53,54)/p+1. The average molecular weight is 810 g/mol. The van der Waals surface area contributed by atoms with Crippen LogP contribution in [0.2, 0.25) is 0 Å². The van der Waals surface area contributed by atoms with Gasteiger partial charge in [-0.1, -0.05) is 51.3 Å². The van der Waals surface area contributed by atoms with E-state index in [0.29, 0.717) is 13.0 Å². The molecule has 306 valence electrons. The molecule has 0 radical (unpaired) electrons. The van der Waals surface area contributed by atoms with Crippen LogP contribution in [0.5, 0.6) is 0 Å². The van der Waals surface area contributed by atoms with Crippen molar-refractivity contribution in [2.45, 2.75) is 106 Å². The molecule has 13 heteroatoms. The molecular weight excluding hydrogens is 749 g/mol. The van der Waals surface area contributed by atoms with E-state index in [1.165, 1.54) is 43.9 Å². The first-order valence-corrected chi connectivity index (χ1v) is 22.7. The summed E-state index contributed by atoms with van der Waals surface area (Å²) in [6.45, 7) is 11.7. The number of hydrogen-bond donors (Lipinski definition) is 2. The van der Waals surface area contributed by atoms with Crippen molar-refractivity contribution in [2.24, 2.45) is 5.92 Å². The number of rotatable bonds is 17. The van der Waals surface area contributed by atoms with E-state index in [2.05, 4.69) is 16.8 Å². The van der Waals surface area contributed by atoms with Crippen LogP contribution in [0, 0.1) is 5.92 Å². The molecule has 0 saturated heterocycles. The molecular formula is C43H61N4O7S2+. The summed E-state index contributed by atoms with van der Waals surface area (Å²) in [6.07, 6.45) is 19.2. The van der Waals surface area contributed by atoms with Crippen LogP contribution in [0.15, 0.2) is 82.3 Å². The molecule has 11 nitrogen and oxygen atoms in total. The van der Waals surface area contributed by atoms with Gasteiger partial charge >= 0.3 is 0 Å². The van der Waals surface area contributed by atoms with Gasteiger partial charge in [0, 0.05) is 67.6 Å². The van der Waals surface area contributed by atoms with Gasteiger partial charge in [0.05, 0.1) is 15.2 Å². The van der Waals surface area contributed by atoms with E-state index >= 15 is 0 Å². The molecule has 0 unspecified atom stereocenters. The molecule has 0 spiro atoms. The highest BCUT2D eigenvalue weighted by Crippen LogP contribution is 2.48. The van der Waals surface area contributed by atoms with Gasteiger partial charge in [-0.2, -0.15) is 21.4 Å². The molecule has 5 rings (SSSR count). The molecule has 1 amide bonds. The lowest BCUT2D eigenvalue weighted by Crippen LogP contribution is -2.31. The van der Waals surface area contributed by atoms with Gasteiger partial charge in [-0.3, -0.25) is 13.9 Å². The lowest BCUT2D eigenvalue weighted by Gasteiger charge is -2.27. The minimum atomic E-state index is -4.39. The number of allylic oxidation sites excluding steroid dienone is 6. The molecule has 2 N–H and O–H groups in total. The van der Waals surface area contributed by atoms with Gasteiger partial charge < -0.3 is 14.7 Å². The summed E-state index contributed by atoms with van der Waals surface area (Å²) in [7, 11) is -2.71. The third-order valence-electron chi connectivity index (χ3n) is 12.0. The number of amides is 1. The van der Waals surface area contributed by atoms with Crippen molar-refractivity contribution in [2.75, 3.05) is 52.2 Å².